The number of nitrogens with one attached hydrogen (secondary N) is 2. The van der Waals surface area contributed by atoms with Crippen molar-refractivity contribution in [1.82, 2.24) is 9.44 Å². The van der Waals surface area contributed by atoms with Crippen molar-refractivity contribution in [2.75, 3.05) is 20.3 Å². The molecule has 18 atom stereocenters. The van der Waals surface area contributed by atoms with Crippen LogP contribution in [0, 0.1) is 0 Å². The minimum atomic E-state index is -6.10. The van der Waals surface area contributed by atoms with Gasteiger partial charge in [-0.05, 0) is 6.08 Å². The van der Waals surface area contributed by atoms with Gasteiger partial charge in [-0.25, -0.2) is 26.3 Å². The standard InChI is InChI=1S/C25H40N2O38S6/c1-54-22-9(26-66(36,37)38)12(30)14(7(58-22)3-55-68(42,43)44)60-25-18(65-71(51,52)53)13(31)17(19(63-25)21(34)35)62-23-10(27-67(39,40)41)16(64-70(48,49)50)15(8(59-23)4-56-69(45,46)47)61-24-11(29)5(28)2-6(57-24)20(32)33/h2,5,7-19,22-31H,3-4H2,1H3,(H,32,33)(H,34,35)(H,36,37,38)(H,39,40,41)(H,42,43,44)(H,45,46,47)(H,48,49,50)(H,51,52,53)/t5-,7+,8+,9+,10+,11+,12+,13-,14+,15+,16+,17-,18+,19+,22-,23+,24-,25+/m0/s1. The second-order valence-electron chi connectivity index (χ2n) is 14.3. The van der Waals surface area contributed by atoms with E-state index in [4.69, 9.17) is 42.4 Å². The molecule has 0 saturated carbocycles. The number of methoxy groups -OCH3 is 1. The lowest BCUT2D eigenvalue weighted by Gasteiger charge is -2.49. The molecule has 4 heterocycles. The summed E-state index contributed by atoms with van der Waals surface area (Å²) in [6, 6.07) is -5.27. The van der Waals surface area contributed by atoms with Gasteiger partial charge in [0, 0.05) is 7.11 Å². The Kier molecular flexibility index (Phi) is 19.7. The fraction of sp³-hybridized carbons (Fsp3) is 0.840. The third-order valence-electron chi connectivity index (χ3n) is 9.39. The molecule has 0 radical (unpaired) electrons. The summed E-state index contributed by atoms with van der Waals surface area (Å²) >= 11 is 0. The molecule has 4 aliphatic heterocycles. The Labute approximate surface area is 397 Å². The first-order valence-corrected chi connectivity index (χ1v) is 26.6. The van der Waals surface area contributed by atoms with E-state index in [0.717, 1.165) is 7.11 Å². The molecule has 414 valence electrons. The van der Waals surface area contributed by atoms with Gasteiger partial charge in [0.2, 0.25) is 12.0 Å². The highest BCUT2D eigenvalue weighted by Gasteiger charge is 2.59. The summed E-state index contributed by atoms with van der Waals surface area (Å²) in [5.41, 5.74) is 0. The summed E-state index contributed by atoms with van der Waals surface area (Å²) in [5.74, 6) is -5.62. The SMILES string of the molecule is CO[C@H]1O[C@H](COS(=O)(=O)O)[C@@H](O[C@@H]2O[C@@H](C(=O)O)[C@@H](O[C@H]3O[C@H](COS(=O)(=O)O)[C@@H](O[C@@H]4OC(C(=O)O)=C[C@H](O)[C@H]4O)[C@H](OS(=O)(=O)O)[C@H]3NS(=O)(=O)O)[C@H](O)[C@H]2OS(=O)(=O)O)[C@H](O)[C@H]1NS(=O)(=O)O. The Balaban J connectivity index is 1.87. The van der Waals surface area contributed by atoms with Gasteiger partial charge < -0.3 is 68.5 Å². The van der Waals surface area contributed by atoms with E-state index < -0.39 is 204 Å². The lowest BCUT2D eigenvalue weighted by Crippen LogP contribution is -2.70. The number of carboxylic acid groups (broad SMARTS) is 2. The van der Waals surface area contributed by atoms with E-state index in [-0.39, 0.29) is 0 Å². The van der Waals surface area contributed by atoms with Crippen molar-refractivity contribution in [3.05, 3.63) is 11.8 Å². The molecule has 14 N–H and O–H groups in total. The maximum Gasteiger partial charge on any atom is 0.397 e. The third kappa shape index (κ3) is 17.7. The van der Waals surface area contributed by atoms with Crippen LogP contribution < -0.4 is 9.44 Å². The van der Waals surface area contributed by atoms with Gasteiger partial charge in [-0.2, -0.15) is 60.0 Å². The molecular weight excluding hydrogens is 1130 g/mol. The zero-order valence-corrected chi connectivity index (χ0v) is 39.2. The van der Waals surface area contributed by atoms with Crippen LogP contribution in [0.1, 0.15) is 0 Å². The lowest BCUT2D eigenvalue weighted by molar-refractivity contribution is -0.362. The summed E-state index contributed by atoms with van der Waals surface area (Å²) < 4.78 is 262. The predicted molar refractivity (Wildman–Crippen MR) is 205 cm³/mol. The van der Waals surface area contributed by atoms with Crippen molar-refractivity contribution in [3.8, 4) is 0 Å². The molecule has 0 aliphatic carbocycles. The molecule has 0 spiro atoms. The van der Waals surface area contributed by atoms with Crippen LogP contribution in [0.15, 0.2) is 11.8 Å². The first-order chi connectivity index (χ1) is 32.2. The Morgan fingerprint density at radius 1 is 0.549 bits per heavy atom. The molecule has 0 aromatic carbocycles. The average Bonchev–Trinajstić information content (AvgIpc) is 3.18. The monoisotopic (exact) mass is 1170 g/mol. The van der Waals surface area contributed by atoms with Crippen molar-refractivity contribution in [2.45, 2.75) is 110 Å². The Morgan fingerprint density at radius 3 is 1.48 bits per heavy atom. The Bertz CT molecular complexity index is 2630. The Morgan fingerprint density at radius 2 is 1.01 bits per heavy atom. The molecule has 71 heavy (non-hydrogen) atoms. The van der Waals surface area contributed by atoms with Gasteiger partial charge in [0.05, 0.1) is 13.2 Å². The van der Waals surface area contributed by atoms with E-state index in [9.17, 15) is 113 Å². The highest BCUT2D eigenvalue weighted by molar-refractivity contribution is 7.84. The van der Waals surface area contributed by atoms with Crippen molar-refractivity contribution in [1.29, 1.82) is 0 Å². The smallest absolute Gasteiger partial charge is 0.397 e. The minimum absolute atomic E-state index is 0.378. The zero-order chi connectivity index (χ0) is 54.1. The number of hydrogen-bond donors (Lipinski definition) is 14. The lowest BCUT2D eigenvalue weighted by atomic mass is 9.95. The molecule has 40 nitrogen and oxygen atoms in total. The molecule has 0 bridgehead atoms. The van der Waals surface area contributed by atoms with Crippen LogP contribution in [0.5, 0.6) is 0 Å². The topological polar surface area (TPSA) is 617 Å². The number of aliphatic hydroxyl groups is 4. The van der Waals surface area contributed by atoms with Gasteiger partial charge in [-0.15, -0.1) is 0 Å². The molecular formula is C25H40N2O38S6. The summed E-state index contributed by atoms with van der Waals surface area (Å²) in [5, 5.41) is 63.3. The van der Waals surface area contributed by atoms with Crippen molar-refractivity contribution >= 4 is 74.1 Å². The van der Waals surface area contributed by atoms with E-state index in [0.29, 0.717) is 6.08 Å². The maximum atomic E-state index is 12.8. The van der Waals surface area contributed by atoms with Crippen LogP contribution in [-0.4, -0.2) is 251 Å². The van der Waals surface area contributed by atoms with Gasteiger partial charge in [-0.1, -0.05) is 0 Å². The van der Waals surface area contributed by atoms with Crippen LogP contribution in [0.3, 0.4) is 0 Å². The normalized spacial score (nSPS) is 36.9. The van der Waals surface area contributed by atoms with Crippen LogP contribution in [0.2, 0.25) is 0 Å². The molecule has 3 saturated heterocycles. The molecule has 0 aromatic rings. The highest BCUT2D eigenvalue weighted by Crippen LogP contribution is 2.37. The largest absolute Gasteiger partial charge is 0.479 e. The average molecular weight is 1170 g/mol. The fourth-order valence-electron chi connectivity index (χ4n) is 6.77. The van der Waals surface area contributed by atoms with Crippen LogP contribution >= 0.6 is 0 Å². The predicted octanol–water partition coefficient (Wildman–Crippen LogP) is -9.65. The number of carboxylic acids is 2. The molecule has 4 rings (SSSR count). The highest BCUT2D eigenvalue weighted by atomic mass is 32.3. The van der Waals surface area contributed by atoms with E-state index >= 15 is 0 Å². The molecule has 0 unspecified atom stereocenters. The fourth-order valence-corrected chi connectivity index (χ4v) is 9.56. The van der Waals surface area contributed by atoms with Crippen molar-refractivity contribution < 1.29 is 173 Å². The van der Waals surface area contributed by atoms with Crippen LogP contribution in [0.25, 0.3) is 0 Å². The van der Waals surface area contributed by atoms with E-state index in [1.165, 1.54) is 9.44 Å². The van der Waals surface area contributed by atoms with E-state index in [2.05, 4.69) is 16.7 Å². The van der Waals surface area contributed by atoms with Gasteiger partial charge in [0.1, 0.15) is 73.1 Å². The maximum absolute atomic E-state index is 12.8. The number of hydrogen-bond acceptors (Lipinski definition) is 30. The molecule has 0 amide bonds. The zero-order valence-electron chi connectivity index (χ0n) is 34.3. The van der Waals surface area contributed by atoms with Crippen LogP contribution in [-0.2, 0) is 126 Å². The summed E-state index contributed by atoms with van der Waals surface area (Å²) in [7, 11) is -33.8. The molecule has 0 aromatic heterocycles. The Hall–Kier alpha value is -2.74. The first-order valence-electron chi connectivity index (χ1n) is 18.2. The second-order valence-corrected chi connectivity index (χ2v) is 21.0. The summed E-state index contributed by atoms with van der Waals surface area (Å²) in [6.07, 6.45) is -43.2. The van der Waals surface area contributed by atoms with E-state index in [1.807, 2.05) is 0 Å². The number of aliphatic carboxylic acids is 2. The van der Waals surface area contributed by atoms with Crippen molar-refractivity contribution in [3.63, 3.8) is 0 Å². The number of aliphatic hydroxyl groups excluding tert-OH is 4. The van der Waals surface area contributed by atoms with Gasteiger partial charge >= 0.3 is 74.1 Å². The minimum Gasteiger partial charge on any atom is -0.479 e. The second kappa shape index (κ2) is 23.0. The summed E-state index contributed by atoms with van der Waals surface area (Å²) in [4.78, 5) is 24.4. The van der Waals surface area contributed by atoms with E-state index in [1.54, 1.807) is 0 Å². The van der Waals surface area contributed by atoms with Gasteiger partial charge in [0.15, 0.2) is 31.1 Å². The number of rotatable bonds is 23. The number of carbonyl (C=O) groups is 2. The third-order valence-corrected chi connectivity index (χ3v) is 12.3. The molecule has 4 aliphatic rings. The van der Waals surface area contributed by atoms with Gasteiger partial charge in [0.25, 0.3) is 0 Å². The first kappa shape index (κ1) is 60.8. The summed E-state index contributed by atoms with van der Waals surface area (Å²) in [6.45, 7) is -3.26. The quantitative estimate of drug-likeness (QED) is 0.0423. The van der Waals surface area contributed by atoms with Crippen molar-refractivity contribution in [2.24, 2.45) is 0 Å². The van der Waals surface area contributed by atoms with Gasteiger partial charge in [-0.3, -0.25) is 27.3 Å². The number of ether oxygens (including phenoxy) is 8. The molecule has 46 heteroatoms. The van der Waals surface area contributed by atoms with Crippen LogP contribution in [0.4, 0.5) is 0 Å². The molecule has 3 fully saturated rings.